The number of nitrogens with zero attached hydrogens (tertiary/aromatic N) is 1. The van der Waals surface area contributed by atoms with Crippen LogP contribution in [0, 0.1) is 62.5 Å². The average Bonchev–Trinajstić information content (AvgIpc) is 3.45. The summed E-state index contributed by atoms with van der Waals surface area (Å²) in [4.78, 5) is 31.7. The highest BCUT2D eigenvalue weighted by molar-refractivity contribution is 6.31. The van der Waals surface area contributed by atoms with E-state index in [-0.39, 0.29) is 64.1 Å². The van der Waals surface area contributed by atoms with Crippen molar-refractivity contribution in [2.24, 2.45) is 56.7 Å². The van der Waals surface area contributed by atoms with E-state index in [1.165, 1.54) is 44.6 Å². The van der Waals surface area contributed by atoms with E-state index >= 15 is 4.39 Å². The van der Waals surface area contributed by atoms with Gasteiger partial charge in [0.05, 0.1) is 24.3 Å². The second-order valence-electron chi connectivity index (χ2n) is 21.5. The Morgan fingerprint density at radius 1 is 0.862 bits per heavy atom. The molecule has 7 fully saturated rings. The van der Waals surface area contributed by atoms with Crippen LogP contribution in [-0.2, 0) is 11.2 Å². The zero-order valence-electron chi connectivity index (χ0n) is 34.6. The molecule has 58 heavy (non-hydrogen) atoms. The van der Waals surface area contributed by atoms with Gasteiger partial charge in [0.2, 0.25) is 0 Å². The Labute approximate surface area is 349 Å². The van der Waals surface area contributed by atoms with Crippen LogP contribution >= 0.6 is 11.6 Å². The van der Waals surface area contributed by atoms with Crippen molar-refractivity contribution in [2.45, 2.75) is 128 Å². The summed E-state index contributed by atoms with van der Waals surface area (Å²) in [5.74, 6) is 1.67. The van der Waals surface area contributed by atoms with Gasteiger partial charge < -0.3 is 20.4 Å². The van der Waals surface area contributed by atoms with Crippen LogP contribution in [0.1, 0.15) is 121 Å². The molecule has 9 unspecified atom stereocenters. The number of aliphatic hydroxyl groups excluding tert-OH is 1. The van der Waals surface area contributed by atoms with Crippen molar-refractivity contribution in [1.82, 2.24) is 10.2 Å². The maximum Gasteiger partial charge on any atom is 0.317 e. The van der Waals surface area contributed by atoms with Crippen molar-refractivity contribution in [3.05, 3.63) is 94.3 Å². The molecule has 7 saturated carbocycles. The van der Waals surface area contributed by atoms with Crippen molar-refractivity contribution < 1.29 is 24.2 Å². The predicted molar refractivity (Wildman–Crippen MR) is 224 cm³/mol. The molecule has 10 aliphatic rings. The predicted octanol–water partition coefficient (Wildman–Crippen LogP) is 10.2. The summed E-state index contributed by atoms with van der Waals surface area (Å²) < 4.78 is 15.3. The lowest BCUT2D eigenvalue weighted by Crippen LogP contribution is -2.68. The number of urea groups is 1. The van der Waals surface area contributed by atoms with Gasteiger partial charge in [-0.15, -0.1) is 0 Å². The zero-order chi connectivity index (χ0) is 40.5. The summed E-state index contributed by atoms with van der Waals surface area (Å²) in [6.45, 7) is 7.58. The van der Waals surface area contributed by atoms with Crippen LogP contribution in [0.4, 0.5) is 9.18 Å². The molecule has 0 aliphatic heterocycles. The molecule has 9 atom stereocenters. The van der Waals surface area contributed by atoms with Crippen LogP contribution in [-0.4, -0.2) is 51.7 Å². The molecule has 2 amide bonds. The first kappa shape index (κ1) is 39.2. The van der Waals surface area contributed by atoms with E-state index in [9.17, 15) is 19.8 Å². The Bertz CT molecular complexity index is 2010. The van der Waals surface area contributed by atoms with Gasteiger partial charge in [0, 0.05) is 45.4 Å². The van der Waals surface area contributed by atoms with Crippen LogP contribution < -0.4 is 5.32 Å². The lowest BCUT2D eigenvalue weighted by Gasteiger charge is -2.71. The summed E-state index contributed by atoms with van der Waals surface area (Å²) in [5.41, 5.74) is -1.04. The van der Waals surface area contributed by atoms with Gasteiger partial charge >= 0.3 is 6.03 Å². The van der Waals surface area contributed by atoms with Gasteiger partial charge in [0.25, 0.3) is 0 Å². The van der Waals surface area contributed by atoms with Gasteiger partial charge in [-0.3, -0.25) is 4.79 Å². The number of ketones is 1. The van der Waals surface area contributed by atoms with E-state index in [1.807, 2.05) is 30.0 Å². The fourth-order valence-corrected chi connectivity index (χ4v) is 16.3. The summed E-state index contributed by atoms with van der Waals surface area (Å²) >= 11 is 6.55. The standard InChI is InChI=1S/C50H62ClFN2O4/c1-31(35-8-5-4-6-9-35)53-44(57)54(29-47-24-32-20-33(25-47)22-34(21-32)26-47)30-49(58)17-14-43-46(49,3)16-13-42-45(2)15-12-36(55)27-48(45)18-19-50(42,43)38(28-48)41(56)23-37-39(51)10-7-11-40(37)52/h4-11,18-19,28,31-34,36,42-43,55,58H,12-17,20-27,29-30H2,1-3H3,(H,53,57). The highest BCUT2D eigenvalue weighted by Gasteiger charge is 2.74. The van der Waals surface area contributed by atoms with E-state index in [0.29, 0.717) is 25.0 Å². The minimum absolute atomic E-state index is 0.0685. The number of hydrogen-bond acceptors (Lipinski definition) is 4. The fourth-order valence-electron chi connectivity index (χ4n) is 16.1. The molecule has 0 aromatic heterocycles. The highest BCUT2D eigenvalue weighted by atomic mass is 35.5. The molecule has 6 bridgehead atoms. The minimum atomic E-state index is -1.18. The van der Waals surface area contributed by atoms with Crippen LogP contribution in [0.25, 0.3) is 0 Å². The topological polar surface area (TPSA) is 89.9 Å². The fraction of sp³-hybridized carbons (Fsp3) is 0.640. The number of amides is 2. The lowest BCUT2D eigenvalue weighted by atomic mass is 9.32. The summed E-state index contributed by atoms with van der Waals surface area (Å²) in [5, 5.41) is 28.2. The first-order chi connectivity index (χ1) is 27.6. The van der Waals surface area contributed by atoms with E-state index in [1.54, 1.807) is 12.1 Å². The third kappa shape index (κ3) is 5.67. The normalized spacial score (nSPS) is 43.3. The molecule has 12 rings (SSSR count). The Hall–Kier alpha value is -3.00. The molecule has 2 aromatic rings. The van der Waals surface area contributed by atoms with Gasteiger partial charge in [-0.2, -0.15) is 0 Å². The lowest BCUT2D eigenvalue weighted by molar-refractivity contribution is -0.179. The van der Waals surface area contributed by atoms with Gasteiger partial charge in [0.1, 0.15) is 5.82 Å². The number of fused-ring (bicyclic) bond motifs is 1. The van der Waals surface area contributed by atoms with Crippen molar-refractivity contribution in [2.75, 3.05) is 13.1 Å². The van der Waals surface area contributed by atoms with Crippen molar-refractivity contribution in [3.63, 3.8) is 0 Å². The second kappa shape index (κ2) is 13.5. The monoisotopic (exact) mass is 808 g/mol. The summed E-state index contributed by atoms with van der Waals surface area (Å²) in [6, 6.07) is 14.4. The Kier molecular flexibility index (Phi) is 9.11. The Morgan fingerprint density at radius 3 is 2.21 bits per heavy atom. The zero-order valence-corrected chi connectivity index (χ0v) is 35.4. The molecule has 8 heteroatoms. The number of allylic oxidation sites excluding steroid dienone is 4. The smallest absolute Gasteiger partial charge is 0.317 e. The van der Waals surface area contributed by atoms with Crippen molar-refractivity contribution in [1.29, 1.82) is 0 Å². The molecule has 0 radical (unpaired) electrons. The summed E-state index contributed by atoms with van der Waals surface area (Å²) in [7, 11) is 0. The number of carbonyl (C=O) groups excluding carboxylic acids is 2. The SMILES string of the molecule is CC(NC(=O)N(CC12CC3CC(CC(C3)C1)C2)CC1(O)CCC2C34C=CC5(C=C3C(=O)Cc3c(F)cccc3Cl)CC(O)CCC5(C)C4CCC21C)c1ccccc1. The van der Waals surface area contributed by atoms with Crippen molar-refractivity contribution >= 4 is 23.4 Å². The first-order valence-electron chi connectivity index (χ1n) is 22.5. The first-order valence-corrected chi connectivity index (χ1v) is 22.9. The van der Waals surface area contributed by atoms with Gasteiger partial charge in [0.15, 0.2) is 5.78 Å². The largest absolute Gasteiger partial charge is 0.393 e. The average molecular weight is 810 g/mol. The molecule has 0 saturated heterocycles. The van der Waals surface area contributed by atoms with Gasteiger partial charge in [-0.05, 0) is 149 Å². The van der Waals surface area contributed by atoms with Crippen LogP contribution in [0.5, 0.6) is 0 Å². The van der Waals surface area contributed by atoms with E-state index in [4.69, 9.17) is 11.6 Å². The summed E-state index contributed by atoms with van der Waals surface area (Å²) in [6.07, 6.45) is 18.7. The van der Waals surface area contributed by atoms with E-state index in [0.717, 1.165) is 55.4 Å². The molecular formula is C50H62ClFN2O4. The van der Waals surface area contributed by atoms with Crippen molar-refractivity contribution in [3.8, 4) is 0 Å². The Balaban J connectivity index is 1.02. The number of Topliss-reactive ketones (excluding diaryl/α,β-unsaturated/α-hetero) is 1. The molecule has 0 heterocycles. The third-order valence-electron chi connectivity index (χ3n) is 18.5. The number of hydrogen-bond donors (Lipinski definition) is 3. The maximum absolute atomic E-state index is 15.3. The van der Waals surface area contributed by atoms with E-state index < -0.39 is 33.8 Å². The van der Waals surface area contributed by atoms with Gasteiger partial charge in [-0.1, -0.05) is 80.1 Å². The van der Waals surface area contributed by atoms with E-state index in [2.05, 4.69) is 49.5 Å². The third-order valence-corrected chi connectivity index (χ3v) is 18.8. The molecule has 10 aliphatic carbocycles. The number of aliphatic hydroxyl groups is 2. The van der Waals surface area contributed by atoms with Crippen LogP contribution in [0.2, 0.25) is 5.02 Å². The number of halogens is 2. The second-order valence-corrected chi connectivity index (χ2v) is 21.9. The van der Waals surface area contributed by atoms with Gasteiger partial charge in [-0.25, -0.2) is 9.18 Å². The number of carbonyl (C=O) groups is 2. The molecular weight excluding hydrogens is 747 g/mol. The maximum atomic E-state index is 15.3. The minimum Gasteiger partial charge on any atom is -0.393 e. The molecule has 3 N–H and O–H groups in total. The van der Waals surface area contributed by atoms with Crippen LogP contribution in [0.3, 0.4) is 0 Å². The number of rotatable bonds is 9. The quantitative estimate of drug-likeness (QED) is 0.220. The molecule has 310 valence electrons. The number of benzene rings is 2. The molecule has 2 aromatic carbocycles. The molecule has 6 nitrogen and oxygen atoms in total. The van der Waals surface area contributed by atoms with Crippen LogP contribution in [0.15, 0.2) is 72.3 Å². The Morgan fingerprint density at radius 2 is 1.52 bits per heavy atom. The number of nitrogens with one attached hydrogen (secondary N) is 1. The highest BCUT2D eigenvalue weighted by Crippen LogP contribution is 2.78. The molecule has 2 spiro atoms.